The van der Waals surface area contributed by atoms with E-state index in [1.807, 2.05) is 0 Å². The summed E-state index contributed by atoms with van der Waals surface area (Å²) in [6, 6.07) is 4.86. The summed E-state index contributed by atoms with van der Waals surface area (Å²) >= 11 is 0. The van der Waals surface area contributed by atoms with Gasteiger partial charge in [-0.05, 0) is 26.0 Å². The number of hydrogen-bond donors (Lipinski definition) is 1. The van der Waals surface area contributed by atoms with Gasteiger partial charge in [0.15, 0.2) is 0 Å². The van der Waals surface area contributed by atoms with Gasteiger partial charge in [0, 0.05) is 12.4 Å². The van der Waals surface area contributed by atoms with E-state index < -0.39 is 17.4 Å². The largest absolute Gasteiger partial charge is 0.462 e. The molecule has 0 aliphatic rings. The Hall–Kier alpha value is -3.16. The standard InChI is InChI=1S/C16H17N3O5/c1-3-23-15(21)10-8-19(13-7-5-6-12(17)18-13)9-11(14(10)20)16(22)24-4-2/h5-9H,3-4H2,1-2H3,(H2,17,18). The highest BCUT2D eigenvalue weighted by Crippen LogP contribution is 2.10. The SMILES string of the molecule is CCOC(=O)c1cn(-c2cccc(N)n2)cc(C(=O)OCC)c1=O. The molecule has 0 saturated carbocycles. The summed E-state index contributed by atoms with van der Waals surface area (Å²) in [4.78, 5) is 40.5. The first-order chi connectivity index (χ1) is 11.5. The summed E-state index contributed by atoms with van der Waals surface area (Å²) < 4.78 is 11.1. The van der Waals surface area contributed by atoms with Crippen LogP contribution in [0.25, 0.3) is 5.82 Å². The quantitative estimate of drug-likeness (QED) is 0.818. The van der Waals surface area contributed by atoms with Gasteiger partial charge in [0.05, 0.1) is 13.2 Å². The minimum absolute atomic E-state index is 0.0957. The number of aromatic nitrogens is 2. The van der Waals surface area contributed by atoms with Gasteiger partial charge in [-0.3, -0.25) is 4.79 Å². The van der Waals surface area contributed by atoms with Crippen molar-refractivity contribution in [2.75, 3.05) is 18.9 Å². The Morgan fingerprint density at radius 1 is 1.08 bits per heavy atom. The summed E-state index contributed by atoms with van der Waals surface area (Å²) in [5, 5.41) is 0. The van der Waals surface area contributed by atoms with E-state index in [0.717, 1.165) is 0 Å². The van der Waals surface area contributed by atoms with E-state index in [9.17, 15) is 14.4 Å². The van der Waals surface area contributed by atoms with Crippen LogP contribution < -0.4 is 11.2 Å². The number of pyridine rings is 2. The molecule has 0 aliphatic carbocycles. The van der Waals surface area contributed by atoms with E-state index in [1.54, 1.807) is 32.0 Å². The number of nitrogens with zero attached hydrogens (tertiary/aromatic N) is 2. The average molecular weight is 331 g/mol. The first kappa shape index (κ1) is 17.2. The first-order valence-electron chi connectivity index (χ1n) is 7.31. The molecule has 2 aromatic rings. The van der Waals surface area contributed by atoms with Gasteiger partial charge < -0.3 is 19.8 Å². The number of ether oxygens (including phenoxy) is 2. The maximum absolute atomic E-state index is 12.4. The van der Waals surface area contributed by atoms with E-state index in [4.69, 9.17) is 15.2 Å². The zero-order valence-corrected chi connectivity index (χ0v) is 13.3. The van der Waals surface area contributed by atoms with Crippen molar-refractivity contribution in [3.63, 3.8) is 0 Å². The number of rotatable bonds is 5. The second-order valence-electron chi connectivity index (χ2n) is 4.68. The number of carbonyl (C=O) groups is 2. The smallest absolute Gasteiger partial charge is 0.343 e. The second kappa shape index (κ2) is 7.40. The van der Waals surface area contributed by atoms with Gasteiger partial charge in [0.2, 0.25) is 5.43 Å². The summed E-state index contributed by atoms with van der Waals surface area (Å²) in [6.45, 7) is 3.42. The highest BCUT2D eigenvalue weighted by Gasteiger charge is 2.21. The van der Waals surface area contributed by atoms with Crippen molar-refractivity contribution < 1.29 is 19.1 Å². The number of nitrogens with two attached hydrogens (primary N) is 1. The van der Waals surface area contributed by atoms with Crippen LogP contribution >= 0.6 is 0 Å². The van der Waals surface area contributed by atoms with E-state index >= 15 is 0 Å². The molecule has 0 aliphatic heterocycles. The van der Waals surface area contributed by atoms with E-state index in [0.29, 0.717) is 5.82 Å². The van der Waals surface area contributed by atoms with Crippen molar-refractivity contribution in [1.29, 1.82) is 0 Å². The second-order valence-corrected chi connectivity index (χ2v) is 4.68. The lowest BCUT2D eigenvalue weighted by Crippen LogP contribution is -2.26. The van der Waals surface area contributed by atoms with Crippen LogP contribution in [-0.2, 0) is 9.47 Å². The van der Waals surface area contributed by atoms with Crippen LogP contribution in [0.5, 0.6) is 0 Å². The lowest BCUT2D eigenvalue weighted by Gasteiger charge is -2.11. The molecule has 0 unspecified atom stereocenters. The van der Waals surface area contributed by atoms with Crippen LogP contribution in [0.4, 0.5) is 5.82 Å². The lowest BCUT2D eigenvalue weighted by atomic mass is 10.2. The minimum atomic E-state index is -0.827. The highest BCUT2D eigenvalue weighted by molar-refractivity contribution is 5.94. The van der Waals surface area contributed by atoms with Crippen LogP contribution in [0.3, 0.4) is 0 Å². The maximum atomic E-state index is 12.4. The van der Waals surface area contributed by atoms with Crippen molar-refractivity contribution in [3.8, 4) is 5.82 Å². The molecule has 0 saturated heterocycles. The molecule has 2 aromatic heterocycles. The molecule has 2 rings (SSSR count). The van der Waals surface area contributed by atoms with E-state index in [-0.39, 0.29) is 30.2 Å². The molecule has 0 atom stereocenters. The van der Waals surface area contributed by atoms with Crippen molar-refractivity contribution in [1.82, 2.24) is 9.55 Å². The fraction of sp³-hybridized carbons (Fsp3) is 0.250. The third kappa shape index (κ3) is 3.60. The zero-order valence-electron chi connectivity index (χ0n) is 13.3. The average Bonchev–Trinajstić information content (AvgIpc) is 2.55. The number of hydrogen-bond acceptors (Lipinski definition) is 7. The molecule has 24 heavy (non-hydrogen) atoms. The summed E-state index contributed by atoms with van der Waals surface area (Å²) in [6.07, 6.45) is 2.51. The number of nitrogen functional groups attached to an aromatic ring is 1. The molecule has 126 valence electrons. The molecule has 0 bridgehead atoms. The molecular formula is C16H17N3O5. The Morgan fingerprint density at radius 2 is 1.62 bits per heavy atom. The van der Waals surface area contributed by atoms with E-state index in [2.05, 4.69) is 4.98 Å². The molecule has 8 heteroatoms. The van der Waals surface area contributed by atoms with Crippen LogP contribution in [0.1, 0.15) is 34.6 Å². The fourth-order valence-corrected chi connectivity index (χ4v) is 2.00. The van der Waals surface area contributed by atoms with Crippen LogP contribution in [0, 0.1) is 0 Å². The van der Waals surface area contributed by atoms with Crippen molar-refractivity contribution >= 4 is 17.8 Å². The summed E-state index contributed by atoms with van der Waals surface area (Å²) in [5.41, 5.74) is 4.32. The van der Waals surface area contributed by atoms with Gasteiger partial charge in [-0.25, -0.2) is 14.6 Å². The molecule has 2 N–H and O–H groups in total. The van der Waals surface area contributed by atoms with Crippen molar-refractivity contribution in [2.45, 2.75) is 13.8 Å². The lowest BCUT2D eigenvalue weighted by molar-refractivity contribution is 0.0520. The Balaban J connectivity index is 2.65. The molecule has 0 fully saturated rings. The maximum Gasteiger partial charge on any atom is 0.343 e. The molecule has 0 spiro atoms. The molecular weight excluding hydrogens is 314 g/mol. The third-order valence-electron chi connectivity index (χ3n) is 3.04. The number of anilines is 1. The zero-order chi connectivity index (χ0) is 17.7. The minimum Gasteiger partial charge on any atom is -0.462 e. The Bertz CT molecular complexity index is 786. The number of esters is 2. The van der Waals surface area contributed by atoms with Gasteiger partial charge in [0.1, 0.15) is 22.8 Å². The van der Waals surface area contributed by atoms with Gasteiger partial charge >= 0.3 is 11.9 Å². The molecule has 0 radical (unpaired) electrons. The Kier molecular flexibility index (Phi) is 5.31. The van der Waals surface area contributed by atoms with Crippen LogP contribution in [-0.4, -0.2) is 34.7 Å². The van der Waals surface area contributed by atoms with Crippen molar-refractivity contribution in [3.05, 3.63) is 51.9 Å². The van der Waals surface area contributed by atoms with Crippen LogP contribution in [0.15, 0.2) is 35.4 Å². The predicted octanol–water partition coefficient (Wildman–Crippen LogP) is 1.17. The summed E-state index contributed by atoms with van der Waals surface area (Å²) in [7, 11) is 0. The fourth-order valence-electron chi connectivity index (χ4n) is 2.00. The number of carbonyl (C=O) groups excluding carboxylic acids is 2. The normalized spacial score (nSPS) is 10.2. The van der Waals surface area contributed by atoms with Gasteiger partial charge in [-0.2, -0.15) is 0 Å². The molecule has 2 heterocycles. The Morgan fingerprint density at radius 3 is 2.08 bits per heavy atom. The highest BCUT2D eigenvalue weighted by atomic mass is 16.5. The van der Waals surface area contributed by atoms with Crippen LogP contribution in [0.2, 0.25) is 0 Å². The monoisotopic (exact) mass is 331 g/mol. The summed E-state index contributed by atoms with van der Waals surface area (Å²) in [5.74, 6) is -1.06. The molecule has 8 nitrogen and oxygen atoms in total. The van der Waals surface area contributed by atoms with Gasteiger partial charge in [0.25, 0.3) is 0 Å². The third-order valence-corrected chi connectivity index (χ3v) is 3.04. The van der Waals surface area contributed by atoms with Gasteiger partial charge in [-0.1, -0.05) is 6.07 Å². The Labute approximate surface area is 137 Å². The van der Waals surface area contributed by atoms with Gasteiger partial charge in [-0.15, -0.1) is 0 Å². The first-order valence-corrected chi connectivity index (χ1v) is 7.31. The van der Waals surface area contributed by atoms with E-state index in [1.165, 1.54) is 17.0 Å². The predicted molar refractivity (Wildman–Crippen MR) is 86.2 cm³/mol. The topological polar surface area (TPSA) is 114 Å². The molecule has 0 amide bonds. The van der Waals surface area contributed by atoms with Crippen molar-refractivity contribution in [2.24, 2.45) is 0 Å². The molecule has 0 aromatic carbocycles.